The Labute approximate surface area is 246 Å². The fourth-order valence-electron chi connectivity index (χ4n) is 4.80. The van der Waals surface area contributed by atoms with E-state index in [1.807, 2.05) is 0 Å². The topological polar surface area (TPSA) is 146 Å². The third-order valence-electron chi connectivity index (χ3n) is 6.56. The van der Waals surface area contributed by atoms with Gasteiger partial charge in [0, 0.05) is 37.6 Å². The van der Waals surface area contributed by atoms with Crippen molar-refractivity contribution in [2.24, 2.45) is 0 Å². The van der Waals surface area contributed by atoms with Crippen molar-refractivity contribution < 1.29 is 50.6 Å². The smallest absolute Gasteiger partial charge is 0.412 e. The van der Waals surface area contributed by atoms with E-state index in [-0.39, 0.29) is 30.0 Å². The first-order chi connectivity index (χ1) is 20.1. The van der Waals surface area contributed by atoms with Crippen LogP contribution in [0, 0.1) is 5.82 Å². The summed E-state index contributed by atoms with van der Waals surface area (Å²) >= 11 is 0. The van der Waals surface area contributed by atoms with Crippen molar-refractivity contribution in [1.29, 1.82) is 0 Å². The SMILES string of the molecule is CC(C)(C)OC(=O)N(CCC(F)F)C[C@H]1Cc2c(cc(OCc3ccccc3)c(N3CC(=O)NS3(=O)=O)c2F)N1C(=O)O. The van der Waals surface area contributed by atoms with Gasteiger partial charge in [0.25, 0.3) is 5.91 Å². The quantitative estimate of drug-likeness (QED) is 0.426. The Balaban J connectivity index is 1.76. The highest BCUT2D eigenvalue weighted by Gasteiger charge is 2.44. The number of nitrogens with one attached hydrogen (secondary N) is 1. The number of ether oxygens (including phenoxy) is 2. The summed E-state index contributed by atoms with van der Waals surface area (Å²) < 4.78 is 81.2. The van der Waals surface area contributed by atoms with Gasteiger partial charge in [0.15, 0.2) is 5.82 Å². The van der Waals surface area contributed by atoms with Crippen LogP contribution in [0.3, 0.4) is 0 Å². The van der Waals surface area contributed by atoms with Gasteiger partial charge < -0.3 is 19.5 Å². The lowest BCUT2D eigenvalue weighted by Crippen LogP contribution is -2.48. The van der Waals surface area contributed by atoms with Gasteiger partial charge >= 0.3 is 22.4 Å². The summed E-state index contributed by atoms with van der Waals surface area (Å²) in [6.45, 7) is 2.93. The van der Waals surface area contributed by atoms with Crippen LogP contribution in [-0.4, -0.2) is 74.2 Å². The molecule has 0 spiro atoms. The third kappa shape index (κ3) is 7.24. The molecule has 1 fully saturated rings. The van der Waals surface area contributed by atoms with Crippen molar-refractivity contribution in [2.45, 2.75) is 58.3 Å². The van der Waals surface area contributed by atoms with Gasteiger partial charge in [-0.3, -0.25) is 9.69 Å². The molecular formula is C27H31F3N4O8S. The van der Waals surface area contributed by atoms with E-state index in [1.54, 1.807) is 55.8 Å². The van der Waals surface area contributed by atoms with E-state index in [1.165, 1.54) is 0 Å². The predicted octanol–water partition coefficient (Wildman–Crippen LogP) is 3.89. The molecule has 234 valence electrons. The van der Waals surface area contributed by atoms with Gasteiger partial charge in [-0.1, -0.05) is 30.3 Å². The lowest BCUT2D eigenvalue weighted by atomic mass is 10.1. The zero-order valence-corrected chi connectivity index (χ0v) is 24.4. The molecule has 0 radical (unpaired) electrons. The van der Waals surface area contributed by atoms with Crippen LogP contribution in [0.5, 0.6) is 5.75 Å². The Morgan fingerprint density at radius 3 is 2.44 bits per heavy atom. The number of fused-ring (bicyclic) bond motifs is 1. The highest BCUT2D eigenvalue weighted by Crippen LogP contribution is 2.45. The molecule has 1 saturated heterocycles. The number of carbonyl (C=O) groups is 3. The fraction of sp³-hybridized carbons (Fsp3) is 0.444. The lowest BCUT2D eigenvalue weighted by molar-refractivity contribution is -0.117. The summed E-state index contributed by atoms with van der Waals surface area (Å²) in [5, 5.41) is 10.1. The van der Waals surface area contributed by atoms with Crippen LogP contribution in [0.4, 0.5) is 34.1 Å². The van der Waals surface area contributed by atoms with Crippen LogP contribution in [-0.2, 0) is 32.8 Å². The summed E-state index contributed by atoms with van der Waals surface area (Å²) in [7, 11) is -4.50. The van der Waals surface area contributed by atoms with E-state index < -0.39 is 83.9 Å². The van der Waals surface area contributed by atoms with E-state index in [0.717, 1.165) is 15.9 Å². The van der Waals surface area contributed by atoms with Gasteiger partial charge in [0.2, 0.25) is 6.43 Å². The summed E-state index contributed by atoms with van der Waals surface area (Å²) in [5.41, 5.74) is -1.35. The van der Waals surface area contributed by atoms with E-state index in [0.29, 0.717) is 9.87 Å². The highest BCUT2D eigenvalue weighted by atomic mass is 32.2. The van der Waals surface area contributed by atoms with Crippen molar-refractivity contribution in [2.75, 3.05) is 28.8 Å². The van der Waals surface area contributed by atoms with Crippen LogP contribution in [0.15, 0.2) is 36.4 Å². The molecule has 2 aromatic rings. The Kier molecular flexibility index (Phi) is 8.99. The van der Waals surface area contributed by atoms with Gasteiger partial charge in [-0.15, -0.1) is 0 Å². The predicted molar refractivity (Wildman–Crippen MR) is 148 cm³/mol. The second kappa shape index (κ2) is 12.2. The maximum Gasteiger partial charge on any atom is 0.412 e. The summed E-state index contributed by atoms with van der Waals surface area (Å²) in [5.74, 6) is -2.41. The molecule has 43 heavy (non-hydrogen) atoms. The molecule has 0 bridgehead atoms. The van der Waals surface area contributed by atoms with Crippen LogP contribution in [0.1, 0.15) is 38.3 Å². The minimum Gasteiger partial charge on any atom is -0.487 e. The number of nitrogens with zero attached hydrogens (tertiary/aromatic N) is 3. The molecule has 4 rings (SSSR count). The number of alkyl halides is 2. The molecule has 2 aliphatic heterocycles. The monoisotopic (exact) mass is 628 g/mol. The van der Waals surface area contributed by atoms with Crippen molar-refractivity contribution in [3.63, 3.8) is 0 Å². The number of benzene rings is 2. The van der Waals surface area contributed by atoms with E-state index >= 15 is 4.39 Å². The molecular weight excluding hydrogens is 597 g/mol. The van der Waals surface area contributed by atoms with Crippen molar-refractivity contribution in [1.82, 2.24) is 9.62 Å². The second-order valence-electron chi connectivity index (χ2n) is 11.0. The Hall–Kier alpha value is -4.21. The Morgan fingerprint density at radius 1 is 1.21 bits per heavy atom. The van der Waals surface area contributed by atoms with Gasteiger partial charge in [-0.2, -0.15) is 8.42 Å². The molecule has 0 unspecified atom stereocenters. The molecule has 0 aromatic heterocycles. The Bertz CT molecular complexity index is 1500. The molecule has 1 atom stereocenters. The summed E-state index contributed by atoms with van der Waals surface area (Å²) in [6.07, 6.45) is -6.31. The van der Waals surface area contributed by atoms with Gasteiger partial charge in [-0.25, -0.2) is 31.8 Å². The molecule has 12 nitrogen and oxygen atoms in total. The van der Waals surface area contributed by atoms with Gasteiger partial charge in [0.1, 0.15) is 30.2 Å². The second-order valence-corrected chi connectivity index (χ2v) is 12.6. The van der Waals surface area contributed by atoms with Gasteiger partial charge in [-0.05, 0) is 26.3 Å². The van der Waals surface area contributed by atoms with Crippen LogP contribution < -0.4 is 18.7 Å². The number of anilines is 2. The van der Waals surface area contributed by atoms with Crippen molar-refractivity contribution in [3.8, 4) is 5.75 Å². The summed E-state index contributed by atoms with van der Waals surface area (Å²) in [4.78, 5) is 39.0. The molecule has 0 saturated carbocycles. The van der Waals surface area contributed by atoms with Crippen molar-refractivity contribution >= 4 is 39.7 Å². The number of halogens is 3. The average molecular weight is 629 g/mol. The maximum absolute atomic E-state index is 16.3. The van der Waals surface area contributed by atoms with E-state index in [9.17, 15) is 36.7 Å². The molecule has 2 heterocycles. The van der Waals surface area contributed by atoms with E-state index in [2.05, 4.69) is 0 Å². The lowest BCUT2D eigenvalue weighted by Gasteiger charge is -2.31. The average Bonchev–Trinajstić information content (AvgIpc) is 3.39. The minimum atomic E-state index is -4.50. The number of carboxylic acid groups (broad SMARTS) is 1. The Morgan fingerprint density at radius 2 is 1.88 bits per heavy atom. The normalized spacial score (nSPS) is 17.6. The molecule has 0 aliphatic carbocycles. The summed E-state index contributed by atoms with van der Waals surface area (Å²) in [6, 6.07) is 8.59. The molecule has 2 aromatic carbocycles. The first-order valence-corrected chi connectivity index (χ1v) is 14.6. The van der Waals surface area contributed by atoms with Gasteiger partial charge in [0.05, 0.1) is 11.7 Å². The minimum absolute atomic E-state index is 0.155. The number of hydrogen-bond donors (Lipinski definition) is 2. The van der Waals surface area contributed by atoms with Crippen LogP contribution in [0.2, 0.25) is 0 Å². The largest absolute Gasteiger partial charge is 0.487 e. The maximum atomic E-state index is 16.3. The van der Waals surface area contributed by atoms with E-state index in [4.69, 9.17) is 9.47 Å². The first kappa shape index (κ1) is 31.7. The molecule has 16 heteroatoms. The number of amides is 3. The molecule has 3 amide bonds. The molecule has 2 aliphatic rings. The van der Waals surface area contributed by atoms with Crippen molar-refractivity contribution in [3.05, 3.63) is 53.3 Å². The zero-order valence-electron chi connectivity index (χ0n) is 23.6. The zero-order chi connectivity index (χ0) is 31.7. The number of rotatable bonds is 9. The fourth-order valence-corrected chi connectivity index (χ4v) is 5.96. The molecule has 2 N–H and O–H groups in total. The number of hydrogen-bond acceptors (Lipinski definition) is 7. The standard InChI is InChI=1S/C27H31F3N4O8S/c1-27(2,3)42-26(38)32(10-9-21(28)29)13-17-11-18-19(34(17)25(36)37)12-20(41-15-16-7-5-4-6-8-16)24(23(18)30)33-14-22(35)31-43(33,39)40/h4-8,12,17,21H,9-11,13-15H2,1-3H3,(H,31,35)(H,36,37)/t17-/m1/s1. The third-order valence-corrected chi connectivity index (χ3v) is 7.94. The van der Waals surface area contributed by atoms with Crippen LogP contribution >= 0.6 is 0 Å². The highest BCUT2D eigenvalue weighted by molar-refractivity contribution is 7.92. The first-order valence-electron chi connectivity index (χ1n) is 13.2. The van der Waals surface area contributed by atoms with Crippen LogP contribution in [0.25, 0.3) is 0 Å². The number of carbonyl (C=O) groups excluding carboxylic acids is 2.